The fourth-order valence-electron chi connectivity index (χ4n) is 2.33. The third-order valence-electron chi connectivity index (χ3n) is 3.67. The average molecular weight is 303 g/mol. The fraction of sp³-hybridized carbons (Fsp3) is 0.308. The zero-order valence-electron chi connectivity index (χ0n) is 11.8. The van der Waals surface area contributed by atoms with Gasteiger partial charge < -0.3 is 5.11 Å². The van der Waals surface area contributed by atoms with Crippen molar-refractivity contribution in [2.45, 2.75) is 25.1 Å². The second kappa shape index (κ2) is 5.60. The summed E-state index contributed by atoms with van der Waals surface area (Å²) < 4.78 is 16.1. The molecule has 0 fully saturated rings. The van der Waals surface area contributed by atoms with Crippen molar-refractivity contribution in [3.63, 3.8) is 0 Å². The molecule has 1 aromatic carbocycles. The van der Waals surface area contributed by atoms with Gasteiger partial charge in [0, 0.05) is 0 Å². The molecular formula is C13H14FN7O. The van der Waals surface area contributed by atoms with Crippen LogP contribution in [-0.2, 0) is 12.1 Å². The lowest BCUT2D eigenvalue weighted by Gasteiger charge is -2.34. The zero-order valence-corrected chi connectivity index (χ0v) is 11.8. The molecular weight excluding hydrogens is 289 g/mol. The van der Waals surface area contributed by atoms with E-state index in [1.165, 1.54) is 52.6 Å². The maximum absolute atomic E-state index is 13.2. The van der Waals surface area contributed by atoms with Crippen molar-refractivity contribution in [1.29, 1.82) is 0 Å². The summed E-state index contributed by atoms with van der Waals surface area (Å²) in [4.78, 5) is 3.87. The molecule has 3 aromatic rings. The van der Waals surface area contributed by atoms with Gasteiger partial charge in [0.05, 0.1) is 12.6 Å². The van der Waals surface area contributed by atoms with Crippen LogP contribution in [0.2, 0.25) is 0 Å². The van der Waals surface area contributed by atoms with Crippen LogP contribution in [0.5, 0.6) is 0 Å². The van der Waals surface area contributed by atoms with Crippen molar-refractivity contribution in [3.8, 4) is 0 Å². The predicted molar refractivity (Wildman–Crippen MR) is 72.8 cm³/mol. The van der Waals surface area contributed by atoms with E-state index in [0.717, 1.165) is 0 Å². The van der Waals surface area contributed by atoms with Crippen molar-refractivity contribution >= 4 is 0 Å². The summed E-state index contributed by atoms with van der Waals surface area (Å²) in [5, 5.41) is 26.3. The summed E-state index contributed by atoms with van der Waals surface area (Å²) >= 11 is 0. The van der Waals surface area contributed by atoms with Crippen molar-refractivity contribution in [1.82, 2.24) is 35.0 Å². The van der Waals surface area contributed by atoms with E-state index in [9.17, 15) is 9.50 Å². The van der Waals surface area contributed by atoms with Crippen LogP contribution < -0.4 is 0 Å². The Morgan fingerprint density at radius 3 is 2.64 bits per heavy atom. The van der Waals surface area contributed by atoms with Gasteiger partial charge in [-0.05, 0) is 35.0 Å². The monoisotopic (exact) mass is 303 g/mol. The number of benzene rings is 1. The Kier molecular flexibility index (Phi) is 3.63. The molecule has 2 aromatic heterocycles. The summed E-state index contributed by atoms with van der Waals surface area (Å²) in [6, 6.07) is 5.17. The van der Waals surface area contributed by atoms with Gasteiger partial charge in [-0.25, -0.2) is 18.7 Å². The molecule has 1 N–H and O–H groups in total. The van der Waals surface area contributed by atoms with Crippen LogP contribution in [0, 0.1) is 5.82 Å². The molecule has 3 rings (SSSR count). The highest BCUT2D eigenvalue weighted by atomic mass is 19.1. The van der Waals surface area contributed by atoms with Crippen molar-refractivity contribution in [2.75, 3.05) is 0 Å². The maximum Gasteiger partial charge on any atom is 0.138 e. The molecule has 0 spiro atoms. The van der Waals surface area contributed by atoms with E-state index >= 15 is 0 Å². The topological polar surface area (TPSA) is 94.5 Å². The molecule has 22 heavy (non-hydrogen) atoms. The summed E-state index contributed by atoms with van der Waals surface area (Å²) in [5.41, 5.74) is -0.857. The zero-order chi connectivity index (χ0) is 15.6. The van der Waals surface area contributed by atoms with Crippen molar-refractivity contribution in [3.05, 3.63) is 54.6 Å². The Balaban J connectivity index is 2.02. The van der Waals surface area contributed by atoms with Crippen molar-refractivity contribution in [2.24, 2.45) is 0 Å². The first-order valence-electron chi connectivity index (χ1n) is 6.63. The molecule has 0 saturated carbocycles. The molecule has 0 radical (unpaired) electrons. The van der Waals surface area contributed by atoms with Gasteiger partial charge >= 0.3 is 0 Å². The molecule has 2 heterocycles. The number of hydrogen-bond donors (Lipinski definition) is 1. The van der Waals surface area contributed by atoms with Crippen LogP contribution in [0.4, 0.5) is 4.39 Å². The van der Waals surface area contributed by atoms with E-state index in [2.05, 4.69) is 25.6 Å². The smallest absolute Gasteiger partial charge is 0.138 e. The normalized spacial score (nSPS) is 15.4. The quantitative estimate of drug-likeness (QED) is 0.740. The highest BCUT2D eigenvalue weighted by Crippen LogP contribution is 2.34. The Morgan fingerprint density at radius 1 is 1.27 bits per heavy atom. The Labute approximate surface area is 125 Å². The van der Waals surface area contributed by atoms with E-state index in [1.807, 2.05) is 0 Å². The predicted octanol–water partition coefficient (Wildman–Crippen LogP) is 0.553. The molecule has 0 bridgehead atoms. The van der Waals surface area contributed by atoms with Crippen LogP contribution in [0.25, 0.3) is 0 Å². The minimum atomic E-state index is -1.39. The molecule has 9 heteroatoms. The van der Waals surface area contributed by atoms with E-state index < -0.39 is 11.6 Å². The maximum atomic E-state index is 13.2. The lowest BCUT2D eigenvalue weighted by molar-refractivity contribution is -0.0346. The standard InChI is InChI=1S/C13H14FN7O/c1-10(21-9-16-18-19-21)13(22,6-20-8-15-7-17-20)11-2-4-12(14)5-3-11/h2-5,7-10,22H,6H2,1H3/t10-,13-/m1/s1. The summed E-state index contributed by atoms with van der Waals surface area (Å²) in [6.07, 6.45) is 4.30. The lowest BCUT2D eigenvalue weighted by atomic mass is 9.87. The molecule has 0 aliphatic heterocycles. The van der Waals surface area contributed by atoms with Gasteiger partial charge in [-0.2, -0.15) is 5.10 Å². The molecule has 0 aliphatic carbocycles. The lowest BCUT2D eigenvalue weighted by Crippen LogP contribution is -2.40. The van der Waals surface area contributed by atoms with Gasteiger partial charge in [-0.3, -0.25) is 0 Å². The van der Waals surface area contributed by atoms with Gasteiger partial charge in [-0.15, -0.1) is 5.10 Å². The van der Waals surface area contributed by atoms with Crippen molar-refractivity contribution < 1.29 is 9.50 Å². The largest absolute Gasteiger partial charge is 0.381 e. The second-order valence-electron chi connectivity index (χ2n) is 4.99. The summed E-state index contributed by atoms with van der Waals surface area (Å²) in [7, 11) is 0. The first-order valence-corrected chi connectivity index (χ1v) is 6.63. The van der Waals surface area contributed by atoms with Gasteiger partial charge in [0.2, 0.25) is 0 Å². The first kappa shape index (κ1) is 14.3. The molecule has 0 saturated heterocycles. The number of halogens is 1. The molecule has 2 atom stereocenters. The van der Waals surface area contributed by atoms with Gasteiger partial charge in [-0.1, -0.05) is 12.1 Å². The van der Waals surface area contributed by atoms with E-state index in [0.29, 0.717) is 5.56 Å². The number of aromatic nitrogens is 7. The van der Waals surface area contributed by atoms with Gasteiger partial charge in [0.25, 0.3) is 0 Å². The van der Waals surface area contributed by atoms with Gasteiger partial charge in [0.15, 0.2) is 0 Å². The first-order chi connectivity index (χ1) is 10.6. The highest BCUT2D eigenvalue weighted by Gasteiger charge is 2.38. The third kappa shape index (κ3) is 2.58. The molecule has 0 aliphatic rings. The summed E-state index contributed by atoms with van der Waals surface area (Å²) in [6.45, 7) is 1.90. The SMILES string of the molecule is C[C@@H](n1cnnn1)[C@](O)(Cn1cncn1)c1ccc(F)cc1. The number of nitrogens with zero attached hydrogens (tertiary/aromatic N) is 7. The molecule has 114 valence electrons. The Morgan fingerprint density at radius 2 is 2.05 bits per heavy atom. The van der Waals surface area contributed by atoms with E-state index in [4.69, 9.17) is 0 Å². The number of hydrogen-bond acceptors (Lipinski definition) is 6. The van der Waals surface area contributed by atoms with E-state index in [1.54, 1.807) is 6.92 Å². The molecule has 0 amide bonds. The van der Waals surface area contributed by atoms with Gasteiger partial charge in [0.1, 0.15) is 30.4 Å². The molecule has 0 unspecified atom stereocenters. The van der Waals surface area contributed by atoms with Crippen LogP contribution >= 0.6 is 0 Å². The Bertz CT molecular complexity index is 713. The number of rotatable bonds is 5. The highest BCUT2D eigenvalue weighted by molar-refractivity contribution is 5.24. The molecule has 8 nitrogen and oxygen atoms in total. The van der Waals surface area contributed by atoms with Crippen LogP contribution in [0.3, 0.4) is 0 Å². The van der Waals surface area contributed by atoms with E-state index in [-0.39, 0.29) is 12.4 Å². The van der Waals surface area contributed by atoms with Crippen LogP contribution in [0.1, 0.15) is 18.5 Å². The average Bonchev–Trinajstić information content (AvgIpc) is 3.20. The number of tetrazole rings is 1. The van der Waals surface area contributed by atoms with Crippen LogP contribution in [0.15, 0.2) is 43.2 Å². The summed E-state index contributed by atoms with van der Waals surface area (Å²) in [5.74, 6) is -0.373. The van der Waals surface area contributed by atoms with Crippen LogP contribution in [-0.4, -0.2) is 40.1 Å². The third-order valence-corrected chi connectivity index (χ3v) is 3.67. The minimum absolute atomic E-state index is 0.125. The second-order valence-corrected chi connectivity index (χ2v) is 4.99. The minimum Gasteiger partial charge on any atom is -0.381 e. The fourth-order valence-corrected chi connectivity index (χ4v) is 2.33. The Hall–Kier alpha value is -2.68. The number of aliphatic hydroxyl groups is 1.